The summed E-state index contributed by atoms with van der Waals surface area (Å²) in [7, 11) is 0. The summed E-state index contributed by atoms with van der Waals surface area (Å²) >= 11 is 0. The molecule has 2 aliphatic rings. The zero-order valence-electron chi connectivity index (χ0n) is 18.9. The first-order valence-electron chi connectivity index (χ1n) is 10.6. The minimum absolute atomic E-state index is 0.0163. The molecule has 0 radical (unpaired) electrons. The molecule has 0 aromatic heterocycles. The minimum atomic E-state index is -1.90. The first kappa shape index (κ1) is 25.2. The quantitative estimate of drug-likeness (QED) is 0.364. The molecule has 174 valence electrons. The molecular weight excluding hydrogens is 404 g/mol. The van der Waals surface area contributed by atoms with Crippen LogP contribution in [-0.2, 0) is 23.9 Å². The lowest BCUT2D eigenvalue weighted by Crippen LogP contribution is -2.51. The summed E-state index contributed by atoms with van der Waals surface area (Å²) in [6.07, 6.45) is 2.54. The molecule has 0 aliphatic heterocycles. The van der Waals surface area contributed by atoms with Gasteiger partial charge in [0.25, 0.3) is 0 Å². The third-order valence-electron chi connectivity index (χ3n) is 6.53. The molecule has 1 unspecified atom stereocenters. The molecule has 0 bridgehead atoms. The number of aliphatic hydroxyl groups is 3. The Morgan fingerprint density at radius 1 is 1.29 bits per heavy atom. The van der Waals surface area contributed by atoms with Crippen molar-refractivity contribution < 1.29 is 39.2 Å². The van der Waals surface area contributed by atoms with Crippen LogP contribution in [0.3, 0.4) is 0 Å². The third-order valence-corrected chi connectivity index (χ3v) is 6.53. The number of carbonyl (C=O) groups excluding carboxylic acids is 3. The number of rotatable bonds is 9. The maximum Gasteiger partial charge on any atom is 0.302 e. The highest BCUT2D eigenvalue weighted by Gasteiger charge is 2.52. The van der Waals surface area contributed by atoms with Crippen LogP contribution in [0.4, 0.5) is 0 Å². The average molecular weight is 439 g/mol. The minimum Gasteiger partial charge on any atom is -0.462 e. The first-order valence-corrected chi connectivity index (χ1v) is 10.6. The molecule has 0 saturated heterocycles. The number of hydrogen-bond donors (Lipinski definition) is 3. The second-order valence-electron chi connectivity index (χ2n) is 9.25. The molecule has 0 aromatic carbocycles. The lowest BCUT2D eigenvalue weighted by Gasteiger charge is -2.50. The normalized spacial score (nSPS) is 31.0. The maximum atomic E-state index is 12.8. The standard InChI is InChI=1S/C23H34O8/c1-13-8-18(19(27)6-7-24)23(29,21(13)28)11-16(12-30-14(2)25)9-17-10-20(22(17,4)5)31-15(3)26/h8-9,17-20,24,27,29H,6-7,10-12H2,1-5H3/b16-9+/t17-,18+,19+,20?,23-/m1/s1. The van der Waals surface area contributed by atoms with Crippen LogP contribution in [0.5, 0.6) is 0 Å². The van der Waals surface area contributed by atoms with Gasteiger partial charge in [0.2, 0.25) is 0 Å². The van der Waals surface area contributed by atoms with Crippen molar-refractivity contribution in [3.05, 3.63) is 23.3 Å². The molecule has 0 spiro atoms. The SMILES string of the molecule is CC(=O)OC/C(=C/[C@@H]1CC(OC(C)=O)C1(C)C)C[C@]1(O)C(=O)C(C)=C[C@H]1[C@@H](O)CCO. The molecule has 2 aliphatic carbocycles. The second kappa shape index (κ2) is 9.63. The van der Waals surface area contributed by atoms with E-state index in [1.807, 2.05) is 19.9 Å². The fourth-order valence-corrected chi connectivity index (χ4v) is 4.50. The van der Waals surface area contributed by atoms with Gasteiger partial charge in [-0.1, -0.05) is 26.0 Å². The topological polar surface area (TPSA) is 130 Å². The van der Waals surface area contributed by atoms with Crippen LogP contribution in [0.2, 0.25) is 0 Å². The van der Waals surface area contributed by atoms with Crippen LogP contribution < -0.4 is 0 Å². The second-order valence-corrected chi connectivity index (χ2v) is 9.25. The van der Waals surface area contributed by atoms with E-state index in [1.54, 1.807) is 6.92 Å². The van der Waals surface area contributed by atoms with E-state index in [1.165, 1.54) is 19.9 Å². The van der Waals surface area contributed by atoms with Crippen LogP contribution in [-0.4, -0.2) is 64.1 Å². The van der Waals surface area contributed by atoms with Gasteiger partial charge in [-0.3, -0.25) is 14.4 Å². The van der Waals surface area contributed by atoms with E-state index in [9.17, 15) is 29.7 Å². The molecule has 2 rings (SSSR count). The van der Waals surface area contributed by atoms with Crippen LogP contribution in [0, 0.1) is 17.3 Å². The largest absolute Gasteiger partial charge is 0.462 e. The Bertz CT molecular complexity index is 780. The Morgan fingerprint density at radius 2 is 1.94 bits per heavy atom. The number of aliphatic hydroxyl groups excluding tert-OH is 2. The highest BCUT2D eigenvalue weighted by atomic mass is 16.5. The number of carbonyl (C=O) groups is 3. The average Bonchev–Trinajstić information content (AvgIpc) is 2.89. The van der Waals surface area contributed by atoms with Gasteiger partial charge in [0.1, 0.15) is 18.3 Å². The highest BCUT2D eigenvalue weighted by molar-refractivity contribution is 6.04. The Labute approximate surface area is 182 Å². The summed E-state index contributed by atoms with van der Waals surface area (Å²) in [6, 6.07) is 0. The van der Waals surface area contributed by atoms with Gasteiger partial charge in [-0.25, -0.2) is 0 Å². The number of ketones is 1. The molecular formula is C23H34O8. The predicted octanol–water partition coefficient (Wildman–Crippen LogP) is 1.46. The number of Topliss-reactive ketones (excluding diaryl/α,β-unsaturated/α-hetero) is 1. The molecule has 0 aromatic rings. The molecule has 1 fully saturated rings. The Kier molecular flexibility index (Phi) is 7.84. The van der Waals surface area contributed by atoms with Crippen molar-refractivity contribution in [2.45, 2.75) is 71.7 Å². The van der Waals surface area contributed by atoms with E-state index >= 15 is 0 Å². The van der Waals surface area contributed by atoms with Crippen LogP contribution >= 0.6 is 0 Å². The van der Waals surface area contributed by atoms with Gasteiger partial charge in [0.15, 0.2) is 5.78 Å². The van der Waals surface area contributed by atoms with Crippen molar-refractivity contribution in [1.29, 1.82) is 0 Å². The summed E-state index contributed by atoms with van der Waals surface area (Å²) in [5, 5.41) is 30.9. The monoisotopic (exact) mass is 438 g/mol. The van der Waals surface area contributed by atoms with Gasteiger partial charge < -0.3 is 24.8 Å². The van der Waals surface area contributed by atoms with Crippen LogP contribution in [0.15, 0.2) is 23.3 Å². The van der Waals surface area contributed by atoms with Crippen molar-refractivity contribution in [3.63, 3.8) is 0 Å². The Balaban J connectivity index is 2.29. The molecule has 8 nitrogen and oxygen atoms in total. The highest BCUT2D eigenvalue weighted by Crippen LogP contribution is 2.50. The van der Waals surface area contributed by atoms with E-state index in [-0.39, 0.29) is 49.5 Å². The zero-order valence-corrected chi connectivity index (χ0v) is 18.9. The van der Waals surface area contributed by atoms with Crippen LogP contribution in [0.25, 0.3) is 0 Å². The van der Waals surface area contributed by atoms with Crippen LogP contribution in [0.1, 0.15) is 53.9 Å². The van der Waals surface area contributed by atoms with Gasteiger partial charge in [0.05, 0.1) is 6.10 Å². The van der Waals surface area contributed by atoms with Crippen molar-refractivity contribution in [2.75, 3.05) is 13.2 Å². The van der Waals surface area contributed by atoms with E-state index < -0.39 is 29.4 Å². The van der Waals surface area contributed by atoms with Gasteiger partial charge in [-0.2, -0.15) is 0 Å². The molecule has 31 heavy (non-hydrogen) atoms. The smallest absolute Gasteiger partial charge is 0.302 e. The number of esters is 2. The van der Waals surface area contributed by atoms with Crippen molar-refractivity contribution >= 4 is 17.7 Å². The van der Waals surface area contributed by atoms with E-state index in [4.69, 9.17) is 9.47 Å². The lowest BCUT2D eigenvalue weighted by atomic mass is 9.59. The zero-order chi connectivity index (χ0) is 23.6. The Hall–Kier alpha value is -2.03. The van der Waals surface area contributed by atoms with Crippen molar-refractivity contribution in [1.82, 2.24) is 0 Å². The summed E-state index contributed by atoms with van der Waals surface area (Å²) < 4.78 is 10.5. The fourth-order valence-electron chi connectivity index (χ4n) is 4.50. The van der Waals surface area contributed by atoms with Crippen molar-refractivity contribution in [2.24, 2.45) is 17.3 Å². The third kappa shape index (κ3) is 5.42. The molecule has 1 saturated carbocycles. The van der Waals surface area contributed by atoms with Gasteiger partial charge in [0, 0.05) is 38.2 Å². The molecule has 8 heteroatoms. The summed E-state index contributed by atoms with van der Waals surface area (Å²) in [6.45, 7) is 7.76. The summed E-state index contributed by atoms with van der Waals surface area (Å²) in [4.78, 5) is 35.5. The number of ether oxygens (including phenoxy) is 2. The molecule has 0 amide bonds. The fraction of sp³-hybridized carbons (Fsp3) is 0.696. The maximum absolute atomic E-state index is 12.8. The number of hydrogen-bond acceptors (Lipinski definition) is 8. The van der Waals surface area contributed by atoms with E-state index in [0.29, 0.717) is 17.6 Å². The lowest BCUT2D eigenvalue weighted by molar-refractivity contribution is -0.169. The Morgan fingerprint density at radius 3 is 2.45 bits per heavy atom. The van der Waals surface area contributed by atoms with Gasteiger partial charge in [-0.15, -0.1) is 0 Å². The molecule has 3 N–H and O–H groups in total. The van der Waals surface area contributed by atoms with E-state index in [2.05, 4.69) is 0 Å². The first-order chi connectivity index (χ1) is 14.3. The molecule has 5 atom stereocenters. The van der Waals surface area contributed by atoms with Gasteiger partial charge in [-0.05, 0) is 36.8 Å². The predicted molar refractivity (Wildman–Crippen MR) is 112 cm³/mol. The molecule has 0 heterocycles. The van der Waals surface area contributed by atoms with Gasteiger partial charge >= 0.3 is 11.9 Å². The summed E-state index contributed by atoms with van der Waals surface area (Å²) in [5.41, 5.74) is -1.36. The number of allylic oxidation sites excluding steroid dienone is 1. The van der Waals surface area contributed by atoms with E-state index in [0.717, 1.165) is 0 Å². The van der Waals surface area contributed by atoms with Crippen molar-refractivity contribution in [3.8, 4) is 0 Å². The summed E-state index contributed by atoms with van der Waals surface area (Å²) in [5.74, 6) is -2.23.